The van der Waals surface area contributed by atoms with Crippen LogP contribution in [0.15, 0.2) is 47.4 Å². The molecule has 1 amide bonds. The molecule has 2 saturated heterocycles. The van der Waals surface area contributed by atoms with E-state index < -0.39 is 10.0 Å². The summed E-state index contributed by atoms with van der Waals surface area (Å²) in [5.74, 6) is 1.13. The number of carbonyl (C=O) groups excluding carboxylic acids is 1. The number of rotatable bonds is 7. The fourth-order valence-corrected chi connectivity index (χ4v) is 8.07. The van der Waals surface area contributed by atoms with Gasteiger partial charge in [0.25, 0.3) is 5.91 Å². The predicted molar refractivity (Wildman–Crippen MR) is 155 cm³/mol. The van der Waals surface area contributed by atoms with Crippen LogP contribution in [0.1, 0.15) is 91.5 Å². The molecule has 0 bridgehead atoms. The summed E-state index contributed by atoms with van der Waals surface area (Å²) < 4.78 is 36.3. The highest BCUT2D eigenvalue weighted by Gasteiger charge is 2.33. The van der Waals surface area contributed by atoms with E-state index in [1.165, 1.54) is 19.3 Å². The van der Waals surface area contributed by atoms with Gasteiger partial charge >= 0.3 is 0 Å². The van der Waals surface area contributed by atoms with Crippen LogP contribution >= 0.6 is 0 Å². The third kappa shape index (κ3) is 5.56. The number of amides is 1. The van der Waals surface area contributed by atoms with Gasteiger partial charge in [0.2, 0.25) is 10.0 Å². The second kappa shape index (κ2) is 11.6. The molecule has 0 spiro atoms. The van der Waals surface area contributed by atoms with Gasteiger partial charge in [0, 0.05) is 43.8 Å². The fraction of sp³-hybridized carbons (Fsp3) is 0.548. The van der Waals surface area contributed by atoms with Crippen LogP contribution in [0.2, 0.25) is 0 Å². The Balaban J connectivity index is 1.24. The Bertz CT molecular complexity index is 1450. The van der Waals surface area contributed by atoms with E-state index in [9.17, 15) is 13.2 Å². The van der Waals surface area contributed by atoms with Gasteiger partial charge in [0.05, 0.1) is 22.0 Å². The molecule has 1 saturated carbocycles. The lowest BCUT2D eigenvalue weighted by atomic mass is 9.93. The fourth-order valence-electron chi connectivity index (χ4n) is 6.60. The van der Waals surface area contributed by atoms with Crippen LogP contribution in [0.25, 0.3) is 11.0 Å². The van der Waals surface area contributed by atoms with Gasteiger partial charge < -0.3 is 14.6 Å². The molecule has 2 aliphatic heterocycles. The summed E-state index contributed by atoms with van der Waals surface area (Å²) >= 11 is 0. The van der Waals surface area contributed by atoms with Crippen molar-refractivity contribution in [2.24, 2.45) is 0 Å². The van der Waals surface area contributed by atoms with Crippen molar-refractivity contribution < 1.29 is 17.9 Å². The summed E-state index contributed by atoms with van der Waals surface area (Å²) in [6.07, 6.45) is 9.54. The molecule has 1 N–H and O–H groups in total. The number of fused-ring (bicyclic) bond motifs is 1. The Morgan fingerprint density at radius 1 is 0.975 bits per heavy atom. The number of ether oxygens (including phenoxy) is 1. The van der Waals surface area contributed by atoms with E-state index >= 15 is 0 Å². The van der Waals surface area contributed by atoms with Gasteiger partial charge in [-0.15, -0.1) is 0 Å². The molecule has 6 rings (SSSR count). The van der Waals surface area contributed by atoms with Crippen molar-refractivity contribution in [3.05, 3.63) is 59.4 Å². The van der Waals surface area contributed by atoms with Gasteiger partial charge in [-0.25, -0.2) is 13.4 Å². The lowest BCUT2D eigenvalue weighted by Gasteiger charge is -2.33. The minimum absolute atomic E-state index is 0.0965. The zero-order valence-corrected chi connectivity index (χ0v) is 24.2. The van der Waals surface area contributed by atoms with Crippen LogP contribution in [0, 0.1) is 6.92 Å². The normalized spacial score (nSPS) is 21.7. The summed E-state index contributed by atoms with van der Waals surface area (Å²) in [7, 11) is -3.51. The number of carbonyl (C=O) groups is 1. The van der Waals surface area contributed by atoms with E-state index in [4.69, 9.17) is 9.72 Å². The maximum absolute atomic E-state index is 13.3. The Labute approximate surface area is 237 Å². The van der Waals surface area contributed by atoms with Crippen LogP contribution in [-0.2, 0) is 14.8 Å². The number of benzene rings is 2. The molecule has 3 aliphatic rings. The molecule has 8 nitrogen and oxygen atoms in total. The first-order valence-corrected chi connectivity index (χ1v) is 16.3. The minimum atomic E-state index is -3.51. The van der Waals surface area contributed by atoms with Crippen molar-refractivity contribution in [3.8, 4) is 0 Å². The smallest absolute Gasteiger partial charge is 0.251 e. The molecule has 9 heteroatoms. The van der Waals surface area contributed by atoms with Crippen molar-refractivity contribution >= 4 is 27.0 Å². The number of aromatic nitrogens is 2. The lowest BCUT2D eigenvalue weighted by molar-refractivity contribution is 0.0858. The van der Waals surface area contributed by atoms with Gasteiger partial charge in [0.15, 0.2) is 0 Å². The average molecular weight is 565 g/mol. The molecule has 1 aliphatic carbocycles. The largest absolute Gasteiger partial charge is 0.376 e. The third-order valence-electron chi connectivity index (χ3n) is 8.91. The van der Waals surface area contributed by atoms with E-state index in [1.54, 1.807) is 16.4 Å². The van der Waals surface area contributed by atoms with Crippen LogP contribution < -0.4 is 5.32 Å². The van der Waals surface area contributed by atoms with Gasteiger partial charge in [-0.2, -0.15) is 4.31 Å². The van der Waals surface area contributed by atoms with Gasteiger partial charge in [-0.3, -0.25) is 4.79 Å². The van der Waals surface area contributed by atoms with Gasteiger partial charge in [-0.1, -0.05) is 37.0 Å². The maximum atomic E-state index is 13.3. The van der Waals surface area contributed by atoms with Crippen molar-refractivity contribution in [1.29, 1.82) is 0 Å². The highest BCUT2D eigenvalue weighted by atomic mass is 32.2. The molecule has 0 radical (unpaired) electrons. The van der Waals surface area contributed by atoms with Crippen molar-refractivity contribution in [2.45, 2.75) is 87.7 Å². The minimum Gasteiger partial charge on any atom is -0.376 e. The first kappa shape index (κ1) is 27.4. The highest BCUT2D eigenvalue weighted by Crippen LogP contribution is 2.38. The number of nitrogens with zero attached hydrogens (tertiary/aromatic N) is 3. The molecule has 1 atom stereocenters. The number of piperidine rings is 1. The van der Waals surface area contributed by atoms with E-state index in [2.05, 4.69) is 16.0 Å². The number of imidazole rings is 1. The van der Waals surface area contributed by atoms with Crippen LogP contribution in [0.3, 0.4) is 0 Å². The van der Waals surface area contributed by atoms with Crippen LogP contribution in [-0.4, -0.2) is 60.5 Å². The number of aryl methyl sites for hydroxylation is 1. The SMILES string of the molecule is Cc1ccc(S(=O)(=O)N2CCC(c3nc4cc(C(=O)NCC5CCCO5)ccc4n3C3CCCCC3)CC2)cc1. The zero-order valence-electron chi connectivity index (χ0n) is 23.3. The molecule has 3 heterocycles. The molecule has 1 unspecified atom stereocenters. The second-order valence-electron chi connectivity index (χ2n) is 11.7. The summed E-state index contributed by atoms with van der Waals surface area (Å²) in [6, 6.07) is 13.4. The molecule has 3 fully saturated rings. The second-order valence-corrected chi connectivity index (χ2v) is 13.6. The topological polar surface area (TPSA) is 93.5 Å². The van der Waals surface area contributed by atoms with E-state index in [0.29, 0.717) is 36.1 Å². The standard InChI is InChI=1S/C31H40N4O4S/c1-22-9-12-27(13-10-22)40(37,38)34-17-15-23(16-18-34)30-33-28-20-24(31(36)32-21-26-8-5-19-39-26)11-14-29(28)35(30)25-6-3-2-4-7-25/h9-14,20,23,25-26H,2-8,15-19,21H2,1H3,(H,32,36). The van der Waals surface area contributed by atoms with Crippen LogP contribution in [0.5, 0.6) is 0 Å². The molecule has 2 aromatic carbocycles. The van der Waals surface area contributed by atoms with E-state index in [-0.39, 0.29) is 17.9 Å². The summed E-state index contributed by atoms with van der Waals surface area (Å²) in [5, 5.41) is 3.03. The maximum Gasteiger partial charge on any atom is 0.251 e. The molecular formula is C31H40N4O4S. The number of hydrogen-bond donors (Lipinski definition) is 1. The average Bonchev–Trinajstić information content (AvgIpc) is 3.64. The molecule has 3 aromatic rings. The molecule has 214 valence electrons. The number of nitrogens with one attached hydrogen (secondary N) is 1. The van der Waals surface area contributed by atoms with Crippen molar-refractivity contribution in [1.82, 2.24) is 19.2 Å². The number of hydrogen-bond acceptors (Lipinski definition) is 5. The van der Waals surface area contributed by atoms with E-state index in [1.807, 2.05) is 31.2 Å². The van der Waals surface area contributed by atoms with Gasteiger partial charge in [0.1, 0.15) is 5.82 Å². The summed E-state index contributed by atoms with van der Waals surface area (Å²) in [4.78, 5) is 18.4. The first-order chi connectivity index (χ1) is 19.4. The third-order valence-corrected chi connectivity index (χ3v) is 10.8. The Kier molecular flexibility index (Phi) is 7.97. The predicted octanol–water partition coefficient (Wildman–Crippen LogP) is 5.33. The quantitative estimate of drug-likeness (QED) is 0.419. The lowest BCUT2D eigenvalue weighted by Crippen LogP contribution is -2.38. The highest BCUT2D eigenvalue weighted by molar-refractivity contribution is 7.89. The Morgan fingerprint density at radius 2 is 1.73 bits per heavy atom. The van der Waals surface area contributed by atoms with Crippen molar-refractivity contribution in [3.63, 3.8) is 0 Å². The molecule has 1 aromatic heterocycles. The zero-order chi connectivity index (χ0) is 27.7. The van der Waals surface area contributed by atoms with Crippen LogP contribution in [0.4, 0.5) is 0 Å². The molecule has 40 heavy (non-hydrogen) atoms. The first-order valence-electron chi connectivity index (χ1n) is 14.9. The molecular weight excluding hydrogens is 524 g/mol. The van der Waals surface area contributed by atoms with Crippen molar-refractivity contribution in [2.75, 3.05) is 26.2 Å². The summed E-state index contributed by atoms with van der Waals surface area (Å²) in [6.45, 7) is 4.21. The summed E-state index contributed by atoms with van der Waals surface area (Å²) in [5.41, 5.74) is 3.58. The monoisotopic (exact) mass is 564 g/mol. The van der Waals surface area contributed by atoms with E-state index in [0.717, 1.165) is 67.6 Å². The van der Waals surface area contributed by atoms with Gasteiger partial charge in [-0.05, 0) is 75.8 Å². The Hall–Kier alpha value is -2.75. The number of sulfonamides is 1. The Morgan fingerprint density at radius 3 is 2.42 bits per heavy atom.